The Bertz CT molecular complexity index is 809. The van der Waals surface area contributed by atoms with Crippen LogP contribution in [0.15, 0.2) is 54.6 Å². The summed E-state index contributed by atoms with van der Waals surface area (Å²) in [6.07, 6.45) is 0. The quantitative estimate of drug-likeness (QED) is 0.631. The highest BCUT2D eigenvalue weighted by molar-refractivity contribution is 5.77. The van der Waals surface area contributed by atoms with Gasteiger partial charge in [-0.05, 0) is 43.0 Å². The predicted octanol–water partition coefficient (Wildman–Crippen LogP) is 3.79. The molecular weight excluding hydrogens is 376 g/mol. The fourth-order valence-electron chi connectivity index (χ4n) is 4.43. The van der Waals surface area contributed by atoms with E-state index in [4.69, 9.17) is 9.47 Å². The zero-order valence-electron chi connectivity index (χ0n) is 18.6. The smallest absolute Gasteiger partial charge is 0.248 e. The van der Waals surface area contributed by atoms with Crippen LogP contribution in [0.3, 0.4) is 0 Å². The van der Waals surface area contributed by atoms with Gasteiger partial charge in [0.05, 0.1) is 7.11 Å². The summed E-state index contributed by atoms with van der Waals surface area (Å²) in [5.41, 5.74) is 2.59. The molecule has 2 aromatic rings. The lowest BCUT2D eigenvalue weighted by atomic mass is 9.88. The van der Waals surface area contributed by atoms with Crippen LogP contribution in [0, 0.1) is 5.92 Å². The minimum absolute atomic E-state index is 0.0541. The van der Waals surface area contributed by atoms with Crippen LogP contribution >= 0.6 is 0 Å². The van der Waals surface area contributed by atoms with Gasteiger partial charge >= 0.3 is 0 Å². The second-order valence-electron chi connectivity index (χ2n) is 8.40. The van der Waals surface area contributed by atoms with Crippen molar-refractivity contribution in [2.75, 3.05) is 40.5 Å². The Morgan fingerprint density at radius 2 is 1.87 bits per heavy atom. The molecule has 0 spiro atoms. The number of carbonyl (C=O) groups is 1. The maximum absolute atomic E-state index is 12.7. The first-order valence-corrected chi connectivity index (χ1v) is 10.7. The van der Waals surface area contributed by atoms with E-state index in [0.29, 0.717) is 11.8 Å². The van der Waals surface area contributed by atoms with E-state index in [1.165, 1.54) is 11.1 Å². The molecule has 2 unspecified atom stereocenters. The van der Waals surface area contributed by atoms with Crippen LogP contribution in [-0.2, 0) is 16.1 Å². The predicted molar refractivity (Wildman–Crippen MR) is 120 cm³/mol. The summed E-state index contributed by atoms with van der Waals surface area (Å²) in [5.74, 6) is 1.63. The molecule has 5 nitrogen and oxygen atoms in total. The number of amides is 1. The fraction of sp³-hybridized carbons (Fsp3) is 0.480. The molecule has 1 amide bonds. The summed E-state index contributed by atoms with van der Waals surface area (Å²) in [4.78, 5) is 17.1. The SMILES string of the molecule is COCC(=O)N(CC1CN(Cc2ccccc2)CC1c1cccc(OC)c1)C(C)C. The molecule has 1 aliphatic rings. The second-order valence-corrected chi connectivity index (χ2v) is 8.40. The molecule has 2 aromatic carbocycles. The van der Waals surface area contributed by atoms with Gasteiger partial charge in [-0.1, -0.05) is 42.5 Å². The molecule has 1 heterocycles. The maximum atomic E-state index is 12.7. The number of rotatable bonds is 9. The average molecular weight is 411 g/mol. The average Bonchev–Trinajstić information content (AvgIpc) is 3.15. The molecular formula is C25H34N2O3. The van der Waals surface area contributed by atoms with Crippen molar-refractivity contribution in [3.05, 3.63) is 65.7 Å². The number of hydrogen-bond acceptors (Lipinski definition) is 4. The zero-order chi connectivity index (χ0) is 21.5. The van der Waals surface area contributed by atoms with Crippen LogP contribution in [0.2, 0.25) is 0 Å². The van der Waals surface area contributed by atoms with Gasteiger partial charge in [0.1, 0.15) is 12.4 Å². The first-order valence-electron chi connectivity index (χ1n) is 10.7. The number of hydrogen-bond donors (Lipinski definition) is 0. The molecule has 162 valence electrons. The molecule has 2 atom stereocenters. The van der Waals surface area contributed by atoms with Crippen LogP contribution < -0.4 is 4.74 Å². The lowest BCUT2D eigenvalue weighted by molar-refractivity contribution is -0.137. The van der Waals surface area contributed by atoms with Gasteiger partial charge in [0, 0.05) is 45.2 Å². The van der Waals surface area contributed by atoms with E-state index in [-0.39, 0.29) is 18.6 Å². The molecule has 1 saturated heterocycles. The number of benzene rings is 2. The van der Waals surface area contributed by atoms with Gasteiger partial charge in [-0.3, -0.25) is 9.69 Å². The molecule has 0 aliphatic carbocycles. The van der Waals surface area contributed by atoms with Gasteiger partial charge < -0.3 is 14.4 Å². The molecule has 1 aliphatic heterocycles. The maximum Gasteiger partial charge on any atom is 0.248 e. The third-order valence-corrected chi connectivity index (χ3v) is 5.93. The van der Waals surface area contributed by atoms with Crippen molar-refractivity contribution in [2.45, 2.75) is 32.4 Å². The molecule has 0 bridgehead atoms. The van der Waals surface area contributed by atoms with E-state index < -0.39 is 0 Å². The van der Waals surface area contributed by atoms with E-state index >= 15 is 0 Å². The van der Waals surface area contributed by atoms with E-state index in [2.05, 4.69) is 67.3 Å². The number of carbonyl (C=O) groups excluding carboxylic acids is 1. The summed E-state index contributed by atoms with van der Waals surface area (Å²) >= 11 is 0. The van der Waals surface area contributed by atoms with Crippen molar-refractivity contribution in [1.29, 1.82) is 0 Å². The lowest BCUT2D eigenvalue weighted by Gasteiger charge is -2.31. The summed E-state index contributed by atoms with van der Waals surface area (Å²) in [7, 11) is 3.28. The Morgan fingerprint density at radius 1 is 1.10 bits per heavy atom. The monoisotopic (exact) mass is 410 g/mol. The highest BCUT2D eigenvalue weighted by Gasteiger charge is 2.36. The second kappa shape index (κ2) is 10.6. The van der Waals surface area contributed by atoms with Crippen LogP contribution in [0.5, 0.6) is 5.75 Å². The molecule has 1 fully saturated rings. The molecule has 0 radical (unpaired) electrons. The van der Waals surface area contributed by atoms with Crippen molar-refractivity contribution in [3.63, 3.8) is 0 Å². The number of nitrogens with zero attached hydrogens (tertiary/aromatic N) is 2. The summed E-state index contributed by atoms with van der Waals surface area (Å²) in [6.45, 7) is 7.86. The van der Waals surface area contributed by atoms with Gasteiger partial charge in [0.2, 0.25) is 5.91 Å². The minimum atomic E-state index is 0.0541. The first kappa shape index (κ1) is 22.3. The molecule has 0 aromatic heterocycles. The molecule has 30 heavy (non-hydrogen) atoms. The van der Waals surface area contributed by atoms with Gasteiger partial charge in [0.25, 0.3) is 0 Å². The van der Waals surface area contributed by atoms with Crippen LogP contribution in [0.4, 0.5) is 0 Å². The van der Waals surface area contributed by atoms with Gasteiger partial charge in [-0.2, -0.15) is 0 Å². The lowest BCUT2D eigenvalue weighted by Crippen LogP contribution is -2.43. The Balaban J connectivity index is 1.82. The molecule has 5 heteroatoms. The standard InChI is InChI=1S/C25H34N2O3/c1-19(2)27(25(28)18-29-3)16-22-15-26(14-20-9-6-5-7-10-20)17-24(22)21-11-8-12-23(13-21)30-4/h5-13,19,22,24H,14-18H2,1-4H3. The van der Waals surface area contributed by atoms with E-state index in [9.17, 15) is 4.79 Å². The minimum Gasteiger partial charge on any atom is -0.497 e. The highest BCUT2D eigenvalue weighted by atomic mass is 16.5. The van der Waals surface area contributed by atoms with Crippen molar-refractivity contribution in [2.24, 2.45) is 5.92 Å². The topological polar surface area (TPSA) is 42.0 Å². The third-order valence-electron chi connectivity index (χ3n) is 5.93. The molecule has 3 rings (SSSR count). The van der Waals surface area contributed by atoms with Crippen LogP contribution in [0.1, 0.15) is 30.9 Å². The third kappa shape index (κ3) is 5.61. The van der Waals surface area contributed by atoms with Gasteiger partial charge in [-0.15, -0.1) is 0 Å². The number of methoxy groups -OCH3 is 2. The summed E-state index contributed by atoms with van der Waals surface area (Å²) in [6, 6.07) is 19.1. The number of likely N-dealkylation sites (tertiary alicyclic amines) is 1. The fourth-order valence-corrected chi connectivity index (χ4v) is 4.43. The van der Waals surface area contributed by atoms with Gasteiger partial charge in [-0.25, -0.2) is 0 Å². The highest BCUT2D eigenvalue weighted by Crippen LogP contribution is 2.35. The summed E-state index contributed by atoms with van der Waals surface area (Å²) in [5, 5.41) is 0. The van der Waals surface area contributed by atoms with E-state index in [0.717, 1.165) is 31.9 Å². The van der Waals surface area contributed by atoms with Crippen LogP contribution in [0.25, 0.3) is 0 Å². The normalized spacial score (nSPS) is 19.2. The van der Waals surface area contributed by atoms with Crippen molar-refractivity contribution in [3.8, 4) is 5.75 Å². The van der Waals surface area contributed by atoms with Crippen LogP contribution in [-0.4, -0.2) is 62.2 Å². The Morgan fingerprint density at radius 3 is 2.53 bits per heavy atom. The Hall–Kier alpha value is -2.37. The Labute approximate surface area is 180 Å². The van der Waals surface area contributed by atoms with Crippen molar-refractivity contribution < 1.29 is 14.3 Å². The first-order chi connectivity index (χ1) is 14.5. The molecule has 0 N–H and O–H groups in total. The van der Waals surface area contributed by atoms with Crippen molar-refractivity contribution >= 4 is 5.91 Å². The van der Waals surface area contributed by atoms with Gasteiger partial charge in [0.15, 0.2) is 0 Å². The zero-order valence-corrected chi connectivity index (χ0v) is 18.6. The van der Waals surface area contributed by atoms with Crippen molar-refractivity contribution in [1.82, 2.24) is 9.80 Å². The Kier molecular flexibility index (Phi) is 7.88. The van der Waals surface area contributed by atoms with E-state index in [1.807, 2.05) is 11.0 Å². The largest absolute Gasteiger partial charge is 0.497 e. The summed E-state index contributed by atoms with van der Waals surface area (Å²) < 4.78 is 10.6. The van der Waals surface area contributed by atoms with E-state index in [1.54, 1.807) is 14.2 Å². The molecule has 0 saturated carbocycles. The number of ether oxygens (including phenoxy) is 2.